The van der Waals surface area contributed by atoms with Crippen LogP contribution in [0.2, 0.25) is 5.02 Å². The topological polar surface area (TPSA) is 41.5 Å². The first-order valence-corrected chi connectivity index (χ1v) is 11.1. The third kappa shape index (κ3) is 2.98. The SMILES string of the molecule is COc1cccc2sc(N3CCN(c4nc5c(C)c(Cl)ccc5s4)CC3)nc12. The molecule has 0 amide bonds. The quantitative estimate of drug-likeness (QED) is 0.446. The molecule has 8 heteroatoms. The number of ether oxygens (including phenoxy) is 1. The molecule has 5 nitrogen and oxygen atoms in total. The average molecular weight is 431 g/mol. The van der Waals surface area contributed by atoms with Gasteiger partial charge in [0.15, 0.2) is 10.3 Å². The Morgan fingerprint density at radius 3 is 2.14 bits per heavy atom. The molecule has 5 rings (SSSR count). The van der Waals surface area contributed by atoms with Crippen LogP contribution in [0.4, 0.5) is 10.3 Å². The third-order valence-electron chi connectivity index (χ3n) is 5.15. The number of hydrogen-bond donors (Lipinski definition) is 0. The van der Waals surface area contributed by atoms with Crippen molar-refractivity contribution in [2.24, 2.45) is 0 Å². The Bertz CT molecular complexity index is 1160. The summed E-state index contributed by atoms with van der Waals surface area (Å²) in [6.45, 7) is 5.75. The summed E-state index contributed by atoms with van der Waals surface area (Å²) in [6, 6.07) is 10.1. The lowest BCUT2D eigenvalue weighted by atomic mass is 10.2. The molecule has 0 bridgehead atoms. The van der Waals surface area contributed by atoms with Crippen molar-refractivity contribution in [1.82, 2.24) is 9.97 Å². The molecule has 28 heavy (non-hydrogen) atoms. The van der Waals surface area contributed by atoms with Gasteiger partial charge in [-0.25, -0.2) is 9.97 Å². The number of nitrogens with zero attached hydrogens (tertiary/aromatic N) is 4. The van der Waals surface area contributed by atoms with Gasteiger partial charge in [0.1, 0.15) is 11.3 Å². The molecule has 1 aliphatic heterocycles. The molecule has 0 radical (unpaired) electrons. The fourth-order valence-corrected chi connectivity index (χ4v) is 5.79. The van der Waals surface area contributed by atoms with Crippen LogP contribution in [0.15, 0.2) is 30.3 Å². The number of fused-ring (bicyclic) bond motifs is 2. The minimum absolute atomic E-state index is 0.778. The first-order valence-electron chi connectivity index (χ1n) is 9.13. The van der Waals surface area contributed by atoms with Crippen LogP contribution in [0.3, 0.4) is 0 Å². The maximum Gasteiger partial charge on any atom is 0.186 e. The first-order chi connectivity index (χ1) is 13.6. The molecule has 2 aromatic heterocycles. The molecule has 4 aromatic rings. The van der Waals surface area contributed by atoms with Crippen LogP contribution in [0.5, 0.6) is 5.75 Å². The Hall–Kier alpha value is -2.09. The maximum atomic E-state index is 6.25. The smallest absolute Gasteiger partial charge is 0.186 e. The Balaban J connectivity index is 1.36. The molecule has 1 aliphatic rings. The number of piperazine rings is 1. The van der Waals surface area contributed by atoms with Gasteiger partial charge >= 0.3 is 0 Å². The molecular formula is C20H19ClN4OS2. The zero-order chi connectivity index (χ0) is 19.3. The fraction of sp³-hybridized carbons (Fsp3) is 0.300. The van der Waals surface area contributed by atoms with E-state index in [2.05, 4.69) is 21.9 Å². The highest BCUT2D eigenvalue weighted by molar-refractivity contribution is 7.22. The van der Waals surface area contributed by atoms with Gasteiger partial charge in [-0.15, -0.1) is 0 Å². The number of rotatable bonds is 3. The zero-order valence-corrected chi connectivity index (χ0v) is 18.0. The minimum atomic E-state index is 0.778. The second kappa shape index (κ2) is 7.06. The van der Waals surface area contributed by atoms with Gasteiger partial charge in [0.2, 0.25) is 0 Å². The number of methoxy groups -OCH3 is 1. The molecule has 0 atom stereocenters. The van der Waals surface area contributed by atoms with Gasteiger partial charge in [0, 0.05) is 31.2 Å². The first kappa shape index (κ1) is 18.0. The number of aromatic nitrogens is 2. The van der Waals surface area contributed by atoms with E-state index in [1.54, 1.807) is 29.8 Å². The Morgan fingerprint density at radius 1 is 0.893 bits per heavy atom. The summed E-state index contributed by atoms with van der Waals surface area (Å²) in [5, 5.41) is 2.91. The number of thiazole rings is 2. The van der Waals surface area contributed by atoms with Crippen molar-refractivity contribution in [3.63, 3.8) is 0 Å². The van der Waals surface area contributed by atoms with Gasteiger partial charge < -0.3 is 14.5 Å². The lowest BCUT2D eigenvalue weighted by Crippen LogP contribution is -2.46. The van der Waals surface area contributed by atoms with Gasteiger partial charge in [-0.05, 0) is 36.8 Å². The van der Waals surface area contributed by atoms with Crippen molar-refractivity contribution in [3.8, 4) is 5.75 Å². The van der Waals surface area contributed by atoms with Crippen LogP contribution in [0.1, 0.15) is 5.56 Å². The van der Waals surface area contributed by atoms with Crippen LogP contribution in [-0.2, 0) is 0 Å². The van der Waals surface area contributed by atoms with Gasteiger partial charge in [-0.2, -0.15) is 0 Å². The third-order valence-corrected chi connectivity index (χ3v) is 7.72. The summed E-state index contributed by atoms with van der Waals surface area (Å²) < 4.78 is 7.81. The predicted molar refractivity (Wildman–Crippen MR) is 120 cm³/mol. The summed E-state index contributed by atoms with van der Waals surface area (Å²) in [6.07, 6.45) is 0. The number of hydrogen-bond acceptors (Lipinski definition) is 7. The van der Waals surface area contributed by atoms with E-state index in [1.807, 2.05) is 25.1 Å². The van der Waals surface area contributed by atoms with Crippen LogP contribution >= 0.6 is 34.3 Å². The maximum absolute atomic E-state index is 6.25. The minimum Gasteiger partial charge on any atom is -0.494 e. The highest BCUT2D eigenvalue weighted by Gasteiger charge is 2.23. The van der Waals surface area contributed by atoms with Crippen molar-refractivity contribution in [2.45, 2.75) is 6.92 Å². The number of aryl methyl sites for hydroxylation is 1. The van der Waals surface area contributed by atoms with Crippen molar-refractivity contribution in [2.75, 3.05) is 43.1 Å². The van der Waals surface area contributed by atoms with Crippen molar-refractivity contribution in [1.29, 1.82) is 0 Å². The monoisotopic (exact) mass is 430 g/mol. The van der Waals surface area contributed by atoms with Crippen molar-refractivity contribution < 1.29 is 4.74 Å². The Labute approximate surface area is 176 Å². The molecule has 1 fully saturated rings. The summed E-state index contributed by atoms with van der Waals surface area (Å²) in [4.78, 5) is 14.4. The Morgan fingerprint density at radius 2 is 1.50 bits per heavy atom. The summed E-state index contributed by atoms with van der Waals surface area (Å²) >= 11 is 9.72. The molecule has 1 saturated heterocycles. The van der Waals surface area contributed by atoms with E-state index in [0.717, 1.165) is 68.5 Å². The molecular weight excluding hydrogens is 412 g/mol. The molecule has 2 aromatic carbocycles. The molecule has 0 N–H and O–H groups in total. The van der Waals surface area contributed by atoms with E-state index in [-0.39, 0.29) is 0 Å². The second-order valence-electron chi connectivity index (χ2n) is 6.79. The molecule has 0 saturated carbocycles. The van der Waals surface area contributed by atoms with Crippen molar-refractivity contribution >= 4 is 65.0 Å². The summed E-state index contributed by atoms with van der Waals surface area (Å²) in [7, 11) is 1.69. The highest BCUT2D eigenvalue weighted by atomic mass is 35.5. The number of benzene rings is 2. The second-order valence-corrected chi connectivity index (χ2v) is 9.22. The van der Waals surface area contributed by atoms with E-state index in [4.69, 9.17) is 26.3 Å². The van der Waals surface area contributed by atoms with Crippen LogP contribution in [0.25, 0.3) is 20.4 Å². The van der Waals surface area contributed by atoms with E-state index in [1.165, 1.54) is 4.70 Å². The van der Waals surface area contributed by atoms with E-state index < -0.39 is 0 Å². The fourth-order valence-electron chi connectivity index (χ4n) is 3.52. The largest absolute Gasteiger partial charge is 0.494 e. The average Bonchev–Trinajstić information content (AvgIpc) is 3.35. The molecule has 3 heterocycles. The van der Waals surface area contributed by atoms with E-state index >= 15 is 0 Å². The molecule has 0 unspecified atom stereocenters. The number of para-hydroxylation sites is 1. The van der Waals surface area contributed by atoms with Crippen molar-refractivity contribution in [3.05, 3.63) is 40.9 Å². The highest BCUT2D eigenvalue weighted by Crippen LogP contribution is 2.36. The lowest BCUT2D eigenvalue weighted by Gasteiger charge is -2.34. The Kier molecular flexibility index (Phi) is 4.53. The zero-order valence-electron chi connectivity index (χ0n) is 15.6. The standard InChI is InChI=1S/C20H19ClN4OS2/c1-12-13(21)6-7-16-17(12)22-19(28-16)24-8-10-25(11-9-24)20-23-18-14(26-2)4-3-5-15(18)27-20/h3-7H,8-11H2,1-2H3. The summed E-state index contributed by atoms with van der Waals surface area (Å²) in [5.74, 6) is 0.835. The predicted octanol–water partition coefficient (Wildman–Crippen LogP) is 5.20. The van der Waals surface area contributed by atoms with E-state index in [0.29, 0.717) is 0 Å². The molecule has 144 valence electrons. The van der Waals surface area contributed by atoms with Gasteiger partial charge in [0.25, 0.3) is 0 Å². The van der Waals surface area contributed by atoms with Gasteiger partial charge in [-0.1, -0.05) is 40.3 Å². The lowest BCUT2D eigenvalue weighted by molar-refractivity contribution is 0.419. The summed E-state index contributed by atoms with van der Waals surface area (Å²) in [5.41, 5.74) is 3.03. The molecule has 0 spiro atoms. The van der Waals surface area contributed by atoms with Crippen LogP contribution < -0.4 is 14.5 Å². The normalized spacial score (nSPS) is 15.0. The van der Waals surface area contributed by atoms with Gasteiger partial charge in [-0.3, -0.25) is 0 Å². The van der Waals surface area contributed by atoms with Gasteiger partial charge in [0.05, 0.1) is 22.0 Å². The molecule has 0 aliphatic carbocycles. The van der Waals surface area contributed by atoms with Crippen LogP contribution in [0, 0.1) is 6.92 Å². The number of anilines is 2. The number of halogens is 1. The van der Waals surface area contributed by atoms with E-state index in [9.17, 15) is 0 Å². The van der Waals surface area contributed by atoms with Crippen LogP contribution in [-0.4, -0.2) is 43.3 Å².